The number of benzene rings is 1. The SMILES string of the molecule is COc1ccc(OC)c(C(C)NC(=O)CC(C)CC(=O)O)c1. The van der Waals surface area contributed by atoms with E-state index in [1.54, 1.807) is 33.3 Å². The third-order valence-corrected chi connectivity index (χ3v) is 3.34. The summed E-state index contributed by atoms with van der Waals surface area (Å²) in [7, 11) is 3.14. The molecule has 2 N–H and O–H groups in total. The molecule has 0 saturated heterocycles. The molecule has 0 fully saturated rings. The number of carboxylic acids is 1. The molecule has 1 aromatic carbocycles. The Morgan fingerprint density at radius 2 is 1.86 bits per heavy atom. The van der Waals surface area contributed by atoms with E-state index in [4.69, 9.17) is 14.6 Å². The van der Waals surface area contributed by atoms with E-state index in [0.29, 0.717) is 11.5 Å². The molecule has 0 aliphatic rings. The van der Waals surface area contributed by atoms with Crippen molar-refractivity contribution in [1.29, 1.82) is 0 Å². The number of methoxy groups -OCH3 is 2. The monoisotopic (exact) mass is 309 g/mol. The van der Waals surface area contributed by atoms with Gasteiger partial charge >= 0.3 is 5.97 Å². The lowest BCUT2D eigenvalue weighted by atomic mass is 10.0. The van der Waals surface area contributed by atoms with Crippen LogP contribution in [0.4, 0.5) is 0 Å². The second-order valence-electron chi connectivity index (χ2n) is 5.30. The van der Waals surface area contributed by atoms with E-state index >= 15 is 0 Å². The third-order valence-electron chi connectivity index (χ3n) is 3.34. The van der Waals surface area contributed by atoms with Crippen LogP contribution in [0.2, 0.25) is 0 Å². The normalized spacial score (nSPS) is 13.1. The van der Waals surface area contributed by atoms with Gasteiger partial charge in [-0.15, -0.1) is 0 Å². The Hall–Kier alpha value is -2.24. The number of nitrogens with one attached hydrogen (secondary N) is 1. The van der Waals surface area contributed by atoms with Crippen LogP contribution < -0.4 is 14.8 Å². The minimum absolute atomic E-state index is 0.0235. The lowest BCUT2D eigenvalue weighted by molar-refractivity contribution is -0.138. The van der Waals surface area contributed by atoms with Gasteiger partial charge in [-0.05, 0) is 31.0 Å². The number of hydrogen-bond acceptors (Lipinski definition) is 4. The number of rotatable bonds is 8. The summed E-state index contributed by atoms with van der Waals surface area (Å²) >= 11 is 0. The highest BCUT2D eigenvalue weighted by molar-refractivity contribution is 5.77. The van der Waals surface area contributed by atoms with Gasteiger partial charge in [0.2, 0.25) is 5.91 Å². The van der Waals surface area contributed by atoms with Gasteiger partial charge in [0.05, 0.1) is 20.3 Å². The minimum Gasteiger partial charge on any atom is -0.497 e. The van der Waals surface area contributed by atoms with E-state index in [-0.39, 0.29) is 30.7 Å². The van der Waals surface area contributed by atoms with Crippen molar-refractivity contribution in [2.45, 2.75) is 32.7 Å². The van der Waals surface area contributed by atoms with Crippen LogP contribution in [0.1, 0.15) is 38.3 Å². The summed E-state index contributed by atoms with van der Waals surface area (Å²) < 4.78 is 10.5. The first-order valence-corrected chi connectivity index (χ1v) is 7.10. The molecule has 1 aromatic rings. The maximum absolute atomic E-state index is 12.0. The highest BCUT2D eigenvalue weighted by Crippen LogP contribution is 2.29. The van der Waals surface area contributed by atoms with Crippen LogP contribution in [-0.4, -0.2) is 31.2 Å². The van der Waals surface area contributed by atoms with Crippen LogP contribution >= 0.6 is 0 Å². The van der Waals surface area contributed by atoms with E-state index in [0.717, 1.165) is 5.56 Å². The first kappa shape index (κ1) is 17.8. The molecule has 0 spiro atoms. The van der Waals surface area contributed by atoms with Gasteiger partial charge in [-0.3, -0.25) is 9.59 Å². The van der Waals surface area contributed by atoms with Crippen molar-refractivity contribution in [3.63, 3.8) is 0 Å². The predicted octanol–water partition coefficient (Wildman–Crippen LogP) is 2.38. The van der Waals surface area contributed by atoms with Crippen molar-refractivity contribution in [2.24, 2.45) is 5.92 Å². The molecular weight excluding hydrogens is 286 g/mol. The van der Waals surface area contributed by atoms with Crippen molar-refractivity contribution in [2.75, 3.05) is 14.2 Å². The van der Waals surface area contributed by atoms with Gasteiger partial charge in [0.15, 0.2) is 0 Å². The first-order chi connectivity index (χ1) is 10.4. The van der Waals surface area contributed by atoms with Gasteiger partial charge in [-0.1, -0.05) is 6.92 Å². The van der Waals surface area contributed by atoms with Gasteiger partial charge in [0, 0.05) is 18.4 Å². The van der Waals surface area contributed by atoms with E-state index in [1.165, 1.54) is 0 Å². The van der Waals surface area contributed by atoms with E-state index < -0.39 is 5.97 Å². The molecule has 0 radical (unpaired) electrons. The van der Waals surface area contributed by atoms with E-state index in [2.05, 4.69) is 5.32 Å². The highest BCUT2D eigenvalue weighted by Gasteiger charge is 2.18. The fraction of sp³-hybridized carbons (Fsp3) is 0.500. The van der Waals surface area contributed by atoms with Gasteiger partial charge < -0.3 is 19.9 Å². The molecule has 2 atom stereocenters. The zero-order chi connectivity index (χ0) is 16.7. The Kier molecular flexibility index (Phi) is 6.69. The Morgan fingerprint density at radius 3 is 2.41 bits per heavy atom. The van der Waals surface area contributed by atoms with Crippen LogP contribution in [0.5, 0.6) is 11.5 Å². The fourth-order valence-electron chi connectivity index (χ4n) is 2.24. The fourth-order valence-corrected chi connectivity index (χ4v) is 2.24. The lowest BCUT2D eigenvalue weighted by Gasteiger charge is -2.19. The van der Waals surface area contributed by atoms with Crippen LogP contribution in [0.15, 0.2) is 18.2 Å². The topological polar surface area (TPSA) is 84.9 Å². The van der Waals surface area contributed by atoms with Crippen molar-refractivity contribution in [3.8, 4) is 11.5 Å². The number of carbonyl (C=O) groups is 2. The Labute approximate surface area is 130 Å². The van der Waals surface area contributed by atoms with Crippen molar-refractivity contribution in [3.05, 3.63) is 23.8 Å². The zero-order valence-corrected chi connectivity index (χ0v) is 13.4. The maximum atomic E-state index is 12.0. The average molecular weight is 309 g/mol. The molecule has 0 aliphatic carbocycles. The van der Waals surface area contributed by atoms with E-state index in [1.807, 2.05) is 13.0 Å². The minimum atomic E-state index is -0.900. The van der Waals surface area contributed by atoms with Gasteiger partial charge in [-0.25, -0.2) is 0 Å². The molecule has 0 bridgehead atoms. The average Bonchev–Trinajstić information content (AvgIpc) is 2.45. The van der Waals surface area contributed by atoms with Crippen molar-refractivity contribution >= 4 is 11.9 Å². The molecule has 1 amide bonds. The molecule has 1 rings (SSSR count). The Bertz CT molecular complexity index is 529. The summed E-state index contributed by atoms with van der Waals surface area (Å²) in [6.45, 7) is 3.58. The Balaban J connectivity index is 2.73. The van der Waals surface area contributed by atoms with Crippen LogP contribution in [0.25, 0.3) is 0 Å². The first-order valence-electron chi connectivity index (χ1n) is 7.10. The molecule has 122 valence electrons. The molecule has 0 aromatic heterocycles. The smallest absolute Gasteiger partial charge is 0.303 e. The summed E-state index contributed by atoms with van der Waals surface area (Å²) in [5, 5.41) is 11.6. The molecule has 6 heteroatoms. The molecule has 0 heterocycles. The predicted molar refractivity (Wildman–Crippen MR) is 82.1 cm³/mol. The number of carboxylic acid groups (broad SMARTS) is 1. The van der Waals surface area contributed by atoms with Crippen molar-refractivity contribution < 1.29 is 24.2 Å². The summed E-state index contributed by atoms with van der Waals surface area (Å²) in [6.07, 6.45) is 0.146. The standard InChI is InChI=1S/C16H23NO5/c1-10(8-16(19)20)7-15(18)17-11(2)13-9-12(21-3)5-6-14(13)22-4/h5-6,9-11H,7-8H2,1-4H3,(H,17,18)(H,19,20). The molecule has 0 aliphatic heterocycles. The molecule has 0 saturated carbocycles. The molecular formula is C16H23NO5. The Morgan fingerprint density at radius 1 is 1.18 bits per heavy atom. The number of carbonyl (C=O) groups excluding carboxylic acids is 1. The summed E-state index contributed by atoms with van der Waals surface area (Å²) in [6, 6.07) is 5.11. The van der Waals surface area contributed by atoms with Crippen molar-refractivity contribution in [1.82, 2.24) is 5.32 Å². The van der Waals surface area contributed by atoms with Crippen LogP contribution in [0.3, 0.4) is 0 Å². The number of aliphatic carboxylic acids is 1. The second kappa shape index (κ2) is 8.26. The largest absolute Gasteiger partial charge is 0.497 e. The molecule has 2 unspecified atom stereocenters. The maximum Gasteiger partial charge on any atom is 0.303 e. The second-order valence-corrected chi connectivity index (χ2v) is 5.30. The number of ether oxygens (including phenoxy) is 2. The van der Waals surface area contributed by atoms with Gasteiger partial charge in [0.1, 0.15) is 11.5 Å². The third kappa shape index (κ3) is 5.27. The lowest BCUT2D eigenvalue weighted by Crippen LogP contribution is -2.28. The van der Waals surface area contributed by atoms with E-state index in [9.17, 15) is 9.59 Å². The molecule has 22 heavy (non-hydrogen) atoms. The quantitative estimate of drug-likeness (QED) is 0.770. The summed E-state index contributed by atoms with van der Waals surface area (Å²) in [5.74, 6) is 0.0363. The highest BCUT2D eigenvalue weighted by atomic mass is 16.5. The summed E-state index contributed by atoms with van der Waals surface area (Å²) in [5.41, 5.74) is 0.807. The number of hydrogen-bond donors (Lipinski definition) is 2. The summed E-state index contributed by atoms with van der Waals surface area (Å²) in [4.78, 5) is 22.6. The van der Waals surface area contributed by atoms with Gasteiger partial charge in [0.25, 0.3) is 0 Å². The van der Waals surface area contributed by atoms with Crippen LogP contribution in [0, 0.1) is 5.92 Å². The zero-order valence-electron chi connectivity index (χ0n) is 13.4. The number of amides is 1. The van der Waals surface area contributed by atoms with Gasteiger partial charge in [-0.2, -0.15) is 0 Å². The molecule has 6 nitrogen and oxygen atoms in total. The van der Waals surface area contributed by atoms with Crippen LogP contribution in [-0.2, 0) is 9.59 Å².